The van der Waals surface area contributed by atoms with E-state index in [-0.39, 0.29) is 6.61 Å². The molecule has 154 valence electrons. The van der Waals surface area contributed by atoms with Gasteiger partial charge in [-0.05, 0) is 19.8 Å². The van der Waals surface area contributed by atoms with E-state index in [0.717, 1.165) is 12.8 Å². The highest BCUT2D eigenvalue weighted by molar-refractivity contribution is 5.80. The lowest BCUT2D eigenvalue weighted by atomic mass is 10.0. The van der Waals surface area contributed by atoms with Crippen molar-refractivity contribution < 1.29 is 20.1 Å². The van der Waals surface area contributed by atoms with Crippen LogP contribution in [0.4, 0.5) is 0 Å². The van der Waals surface area contributed by atoms with Gasteiger partial charge in [-0.2, -0.15) is 0 Å². The maximum absolute atomic E-state index is 11.4. The number of amides is 1. The van der Waals surface area contributed by atoms with Crippen LogP contribution in [0.1, 0.15) is 90.9 Å². The third kappa shape index (κ3) is 14.3. The Labute approximate surface area is 159 Å². The molecule has 0 spiro atoms. The van der Waals surface area contributed by atoms with Gasteiger partial charge in [0.2, 0.25) is 5.91 Å². The highest BCUT2D eigenvalue weighted by Gasteiger charge is 2.20. The molecule has 3 atom stereocenters. The van der Waals surface area contributed by atoms with Crippen molar-refractivity contribution in [2.24, 2.45) is 0 Å². The van der Waals surface area contributed by atoms with Gasteiger partial charge in [-0.15, -0.1) is 0 Å². The summed E-state index contributed by atoms with van der Waals surface area (Å²) in [6, 6.07) is -0.786. The summed E-state index contributed by atoms with van der Waals surface area (Å²) in [6.07, 6.45) is 16.6. The molecule has 0 aromatic rings. The molecule has 5 nitrogen and oxygen atoms in total. The first kappa shape index (κ1) is 25.1. The molecule has 0 aromatic carbocycles. The van der Waals surface area contributed by atoms with Crippen LogP contribution in [0.2, 0.25) is 0 Å². The normalized spacial score (nSPS) is 15.1. The van der Waals surface area contributed by atoms with Crippen molar-refractivity contribution in [3.63, 3.8) is 0 Å². The molecule has 0 aliphatic carbocycles. The lowest BCUT2D eigenvalue weighted by Crippen LogP contribution is -2.48. The van der Waals surface area contributed by atoms with Crippen LogP contribution >= 0.6 is 0 Å². The van der Waals surface area contributed by atoms with Crippen LogP contribution in [0.25, 0.3) is 0 Å². The Hall–Kier alpha value is -0.910. The van der Waals surface area contributed by atoms with Gasteiger partial charge in [0.1, 0.15) is 6.10 Å². The summed E-state index contributed by atoms with van der Waals surface area (Å²) in [5.74, 6) is -0.595. The van der Waals surface area contributed by atoms with Gasteiger partial charge in [-0.25, -0.2) is 0 Å². The molecule has 0 saturated carbocycles. The lowest BCUT2D eigenvalue weighted by molar-refractivity contribution is -0.130. The first-order valence-electron chi connectivity index (χ1n) is 10.5. The van der Waals surface area contributed by atoms with Crippen molar-refractivity contribution in [3.8, 4) is 0 Å². The van der Waals surface area contributed by atoms with E-state index in [2.05, 4.69) is 12.2 Å². The molecular formula is C21H41NO4. The van der Waals surface area contributed by atoms with Gasteiger partial charge in [0.25, 0.3) is 0 Å². The molecule has 0 saturated heterocycles. The van der Waals surface area contributed by atoms with Gasteiger partial charge < -0.3 is 20.6 Å². The lowest BCUT2D eigenvalue weighted by Gasteiger charge is -2.20. The quantitative estimate of drug-likeness (QED) is 0.233. The molecule has 26 heavy (non-hydrogen) atoms. The third-order valence-corrected chi connectivity index (χ3v) is 4.62. The van der Waals surface area contributed by atoms with E-state index >= 15 is 0 Å². The van der Waals surface area contributed by atoms with E-state index < -0.39 is 24.2 Å². The predicted octanol–water partition coefficient (Wildman–Crippen LogP) is 3.46. The Balaban J connectivity index is 3.62. The highest BCUT2D eigenvalue weighted by Crippen LogP contribution is 2.12. The topological polar surface area (TPSA) is 89.8 Å². The Morgan fingerprint density at radius 3 is 1.88 bits per heavy atom. The Kier molecular flexibility index (Phi) is 16.9. The van der Waals surface area contributed by atoms with Crippen molar-refractivity contribution in [1.82, 2.24) is 5.32 Å². The van der Waals surface area contributed by atoms with E-state index in [1.807, 2.05) is 6.08 Å². The van der Waals surface area contributed by atoms with E-state index in [4.69, 9.17) is 5.11 Å². The molecule has 3 unspecified atom stereocenters. The number of hydrogen-bond acceptors (Lipinski definition) is 4. The maximum atomic E-state index is 11.4. The fourth-order valence-electron chi connectivity index (χ4n) is 2.84. The van der Waals surface area contributed by atoms with Crippen LogP contribution in [0.15, 0.2) is 12.2 Å². The van der Waals surface area contributed by atoms with Crippen LogP contribution in [0.5, 0.6) is 0 Å². The number of nitrogens with one attached hydrogen (secondary N) is 1. The summed E-state index contributed by atoms with van der Waals surface area (Å²) < 4.78 is 0. The first-order valence-corrected chi connectivity index (χ1v) is 10.5. The number of unbranched alkanes of at least 4 members (excludes halogenated alkanes) is 11. The second-order valence-electron chi connectivity index (χ2n) is 7.22. The largest absolute Gasteiger partial charge is 0.394 e. The highest BCUT2D eigenvalue weighted by atomic mass is 16.3. The fourth-order valence-corrected chi connectivity index (χ4v) is 2.84. The molecular weight excluding hydrogens is 330 g/mol. The minimum atomic E-state index is -1.16. The van der Waals surface area contributed by atoms with E-state index in [9.17, 15) is 15.0 Å². The van der Waals surface area contributed by atoms with Crippen molar-refractivity contribution >= 4 is 5.91 Å². The second-order valence-corrected chi connectivity index (χ2v) is 7.22. The first-order chi connectivity index (χ1) is 12.5. The van der Waals surface area contributed by atoms with Crippen molar-refractivity contribution in [1.29, 1.82) is 0 Å². The summed E-state index contributed by atoms with van der Waals surface area (Å²) in [4.78, 5) is 11.4. The summed E-state index contributed by atoms with van der Waals surface area (Å²) in [6.45, 7) is 3.22. The molecule has 5 heteroatoms. The molecule has 0 bridgehead atoms. The summed E-state index contributed by atoms with van der Waals surface area (Å²) >= 11 is 0. The Morgan fingerprint density at radius 1 is 0.923 bits per heavy atom. The Bertz CT molecular complexity index is 358. The minimum Gasteiger partial charge on any atom is -0.394 e. The second kappa shape index (κ2) is 17.5. The van der Waals surface area contributed by atoms with Gasteiger partial charge in [0.05, 0.1) is 18.8 Å². The molecule has 0 radical (unpaired) electrons. The van der Waals surface area contributed by atoms with Gasteiger partial charge in [-0.1, -0.05) is 83.3 Å². The van der Waals surface area contributed by atoms with Crippen molar-refractivity contribution in [2.75, 3.05) is 6.61 Å². The average molecular weight is 372 g/mol. The van der Waals surface area contributed by atoms with E-state index in [1.165, 1.54) is 71.1 Å². The molecule has 1 amide bonds. The predicted molar refractivity (Wildman–Crippen MR) is 107 cm³/mol. The van der Waals surface area contributed by atoms with E-state index in [0.29, 0.717) is 0 Å². The number of allylic oxidation sites excluding steroid dienone is 1. The molecule has 0 rings (SSSR count). The molecule has 0 aliphatic heterocycles. The van der Waals surface area contributed by atoms with Crippen molar-refractivity contribution in [3.05, 3.63) is 12.2 Å². The van der Waals surface area contributed by atoms with Crippen LogP contribution in [0.3, 0.4) is 0 Å². The fraction of sp³-hybridized carbons (Fsp3) is 0.857. The third-order valence-electron chi connectivity index (χ3n) is 4.62. The van der Waals surface area contributed by atoms with Crippen molar-refractivity contribution in [2.45, 2.75) is 109 Å². The number of carbonyl (C=O) groups is 1. The van der Waals surface area contributed by atoms with Crippen LogP contribution in [-0.2, 0) is 4.79 Å². The number of aliphatic hydroxyl groups is 3. The van der Waals surface area contributed by atoms with Crippen LogP contribution in [-0.4, -0.2) is 46.1 Å². The average Bonchev–Trinajstić information content (AvgIpc) is 2.62. The standard InChI is InChI=1S/C21H41NO4/c1-3-4-5-6-7-8-9-10-11-12-13-14-15-16-20(25)19(17-23)22-21(26)18(2)24/h15-16,18-20,23-25H,3-14,17H2,1-2H3,(H,22,26)/b16-15+. The molecule has 4 N–H and O–H groups in total. The Morgan fingerprint density at radius 2 is 1.42 bits per heavy atom. The molecule has 0 aromatic heterocycles. The zero-order chi connectivity index (χ0) is 19.6. The summed E-state index contributed by atoms with van der Waals surface area (Å²) in [5, 5.41) is 30.8. The number of hydrogen-bond donors (Lipinski definition) is 4. The van der Waals surface area contributed by atoms with Crippen LogP contribution < -0.4 is 5.32 Å². The maximum Gasteiger partial charge on any atom is 0.248 e. The molecule has 0 aliphatic rings. The number of aliphatic hydroxyl groups excluding tert-OH is 3. The van der Waals surface area contributed by atoms with Crippen LogP contribution in [0, 0.1) is 0 Å². The van der Waals surface area contributed by atoms with Gasteiger partial charge in [0, 0.05) is 0 Å². The monoisotopic (exact) mass is 371 g/mol. The number of carbonyl (C=O) groups excluding carboxylic acids is 1. The smallest absolute Gasteiger partial charge is 0.248 e. The SMILES string of the molecule is CCCCCCCCCCCCC/C=C/C(O)C(CO)NC(=O)C(C)O. The minimum absolute atomic E-state index is 0.373. The zero-order valence-corrected chi connectivity index (χ0v) is 16.8. The number of rotatable bonds is 17. The summed E-state index contributed by atoms with van der Waals surface area (Å²) in [7, 11) is 0. The van der Waals surface area contributed by atoms with E-state index in [1.54, 1.807) is 6.08 Å². The molecule has 0 heterocycles. The zero-order valence-electron chi connectivity index (χ0n) is 16.8. The molecule has 0 fully saturated rings. The van der Waals surface area contributed by atoms with Gasteiger partial charge in [-0.3, -0.25) is 4.79 Å². The summed E-state index contributed by atoms with van der Waals surface area (Å²) in [5.41, 5.74) is 0. The van der Waals surface area contributed by atoms with Gasteiger partial charge in [0.15, 0.2) is 0 Å². The van der Waals surface area contributed by atoms with Gasteiger partial charge >= 0.3 is 0 Å².